The summed E-state index contributed by atoms with van der Waals surface area (Å²) in [5.41, 5.74) is 0.495. The minimum Gasteiger partial charge on any atom is -0.372 e. The van der Waals surface area contributed by atoms with Gasteiger partial charge < -0.3 is 10.6 Å². The average Bonchev–Trinajstić information content (AvgIpc) is 2.93. The Kier molecular flexibility index (Phi) is 4.57. The monoisotopic (exact) mass is 275 g/mol. The Balaban J connectivity index is 1.94. The third-order valence-electron chi connectivity index (χ3n) is 3.57. The molecule has 0 saturated heterocycles. The molecule has 0 aromatic heterocycles. The summed E-state index contributed by atoms with van der Waals surface area (Å²) in [6.07, 6.45) is 4.33. The lowest BCUT2D eigenvalue weighted by molar-refractivity contribution is -0.122. The molecule has 1 aliphatic rings. The van der Waals surface area contributed by atoms with Gasteiger partial charge in [0.2, 0.25) is 5.91 Å². The zero-order valence-electron chi connectivity index (χ0n) is 11.4. The first-order valence-corrected chi connectivity index (χ1v) is 6.86. The molecule has 5 heteroatoms. The van der Waals surface area contributed by atoms with Crippen LogP contribution in [-0.2, 0) is 4.79 Å². The molecule has 4 nitrogen and oxygen atoms in total. The van der Waals surface area contributed by atoms with E-state index < -0.39 is 11.9 Å². The minimum absolute atomic E-state index is 0.124. The maximum Gasteiger partial charge on any atom is 0.242 e. The number of rotatable bonds is 4. The molecule has 0 bridgehead atoms. The van der Waals surface area contributed by atoms with Crippen molar-refractivity contribution in [2.45, 2.75) is 44.7 Å². The Hall–Kier alpha value is -2.09. The summed E-state index contributed by atoms with van der Waals surface area (Å²) < 4.78 is 13.7. The van der Waals surface area contributed by atoms with Crippen LogP contribution in [0.25, 0.3) is 0 Å². The second-order valence-electron chi connectivity index (χ2n) is 5.16. The fourth-order valence-corrected chi connectivity index (χ4v) is 2.40. The van der Waals surface area contributed by atoms with E-state index in [2.05, 4.69) is 10.6 Å². The minimum atomic E-state index is -0.524. The first-order chi connectivity index (χ1) is 9.60. The number of halogens is 1. The maximum atomic E-state index is 13.7. The lowest BCUT2D eigenvalue weighted by atomic mass is 10.2. The fourth-order valence-electron chi connectivity index (χ4n) is 2.40. The third kappa shape index (κ3) is 3.47. The second kappa shape index (κ2) is 6.38. The van der Waals surface area contributed by atoms with Gasteiger partial charge in [-0.2, -0.15) is 5.26 Å². The van der Waals surface area contributed by atoms with Crippen molar-refractivity contribution in [3.8, 4) is 6.07 Å². The summed E-state index contributed by atoms with van der Waals surface area (Å²) in [6, 6.07) is 5.76. The van der Waals surface area contributed by atoms with Crippen molar-refractivity contribution in [2.24, 2.45) is 0 Å². The number of nitrogens with one attached hydrogen (secondary N) is 2. The molecule has 1 saturated carbocycles. The van der Waals surface area contributed by atoms with Crippen LogP contribution in [0, 0.1) is 17.1 Å². The number of carbonyl (C=O) groups excluding carboxylic acids is 1. The zero-order chi connectivity index (χ0) is 14.5. The topological polar surface area (TPSA) is 64.9 Å². The van der Waals surface area contributed by atoms with E-state index in [1.165, 1.54) is 12.1 Å². The van der Waals surface area contributed by atoms with Crippen LogP contribution in [0.1, 0.15) is 38.2 Å². The summed E-state index contributed by atoms with van der Waals surface area (Å²) in [4.78, 5) is 12.0. The van der Waals surface area contributed by atoms with E-state index in [0.29, 0.717) is 0 Å². The van der Waals surface area contributed by atoms with E-state index in [0.717, 1.165) is 31.7 Å². The molecule has 1 fully saturated rings. The molecule has 0 aliphatic heterocycles. The molecule has 0 radical (unpaired) electrons. The predicted octanol–water partition coefficient (Wildman–Crippen LogP) is 2.56. The van der Waals surface area contributed by atoms with Crippen molar-refractivity contribution in [1.82, 2.24) is 5.32 Å². The highest BCUT2D eigenvalue weighted by Crippen LogP contribution is 2.19. The Bertz CT molecular complexity index is 532. The number of benzene rings is 1. The molecule has 1 aromatic carbocycles. The van der Waals surface area contributed by atoms with Crippen molar-refractivity contribution in [3.63, 3.8) is 0 Å². The van der Waals surface area contributed by atoms with Crippen LogP contribution in [0.3, 0.4) is 0 Å². The molecule has 1 atom stereocenters. The number of hydrogen-bond acceptors (Lipinski definition) is 3. The van der Waals surface area contributed by atoms with Crippen LogP contribution < -0.4 is 10.6 Å². The van der Waals surface area contributed by atoms with Crippen molar-refractivity contribution in [1.29, 1.82) is 5.26 Å². The lowest BCUT2D eigenvalue weighted by Gasteiger charge is -2.18. The normalized spacial score (nSPS) is 16.4. The van der Waals surface area contributed by atoms with Gasteiger partial charge in [0.1, 0.15) is 11.9 Å². The van der Waals surface area contributed by atoms with Gasteiger partial charge in [-0.3, -0.25) is 4.79 Å². The molecule has 0 heterocycles. The van der Waals surface area contributed by atoms with Crippen molar-refractivity contribution in [3.05, 3.63) is 29.6 Å². The Morgan fingerprint density at radius 3 is 2.75 bits per heavy atom. The number of hydrogen-bond donors (Lipinski definition) is 2. The van der Waals surface area contributed by atoms with Gasteiger partial charge in [-0.05, 0) is 38.0 Å². The molecule has 0 spiro atoms. The SMILES string of the molecule is CC(Nc1ccc(C#N)cc1F)C(=O)NC1CCCC1. The number of carbonyl (C=O) groups is 1. The van der Waals surface area contributed by atoms with Gasteiger partial charge in [-0.1, -0.05) is 12.8 Å². The van der Waals surface area contributed by atoms with E-state index in [9.17, 15) is 9.18 Å². The van der Waals surface area contributed by atoms with Gasteiger partial charge >= 0.3 is 0 Å². The quantitative estimate of drug-likeness (QED) is 0.887. The highest BCUT2D eigenvalue weighted by atomic mass is 19.1. The number of nitriles is 1. The summed E-state index contributed by atoms with van der Waals surface area (Å²) in [7, 11) is 0. The van der Waals surface area contributed by atoms with Crippen molar-refractivity contribution >= 4 is 11.6 Å². The van der Waals surface area contributed by atoms with E-state index in [1.54, 1.807) is 6.92 Å². The molecule has 1 aromatic rings. The van der Waals surface area contributed by atoms with E-state index in [-0.39, 0.29) is 23.2 Å². The molecule has 1 amide bonds. The number of amides is 1. The van der Waals surface area contributed by atoms with Crippen LogP contribution in [0.4, 0.5) is 10.1 Å². The first kappa shape index (κ1) is 14.3. The first-order valence-electron chi connectivity index (χ1n) is 6.86. The molecule has 1 aliphatic carbocycles. The molecule has 20 heavy (non-hydrogen) atoms. The van der Waals surface area contributed by atoms with Crippen molar-refractivity contribution < 1.29 is 9.18 Å². The predicted molar refractivity (Wildman–Crippen MR) is 74.6 cm³/mol. The van der Waals surface area contributed by atoms with Crippen LogP contribution in [0.2, 0.25) is 0 Å². The van der Waals surface area contributed by atoms with Gasteiger partial charge in [0.25, 0.3) is 0 Å². The molecule has 2 N–H and O–H groups in total. The zero-order valence-corrected chi connectivity index (χ0v) is 11.4. The smallest absolute Gasteiger partial charge is 0.242 e. The standard InChI is InChI=1S/C15H18FN3O/c1-10(15(20)19-12-4-2-3-5-12)18-14-7-6-11(9-17)8-13(14)16/h6-8,10,12,18H,2-5H2,1H3,(H,19,20). The summed E-state index contributed by atoms with van der Waals surface area (Å²) in [5, 5.41) is 14.5. The van der Waals surface area contributed by atoms with E-state index >= 15 is 0 Å². The Labute approximate surface area is 118 Å². The molecule has 1 unspecified atom stereocenters. The third-order valence-corrected chi connectivity index (χ3v) is 3.57. The highest BCUT2D eigenvalue weighted by Gasteiger charge is 2.21. The fraction of sp³-hybridized carbons (Fsp3) is 0.467. The lowest BCUT2D eigenvalue weighted by Crippen LogP contribution is -2.42. The molecular formula is C15H18FN3O. The summed E-state index contributed by atoms with van der Waals surface area (Å²) in [5.74, 6) is -0.648. The average molecular weight is 275 g/mol. The number of nitrogens with zero attached hydrogens (tertiary/aromatic N) is 1. The van der Waals surface area contributed by atoms with Crippen LogP contribution >= 0.6 is 0 Å². The number of anilines is 1. The largest absolute Gasteiger partial charge is 0.372 e. The maximum absolute atomic E-state index is 13.7. The Morgan fingerprint density at radius 2 is 2.15 bits per heavy atom. The van der Waals surface area contributed by atoms with Gasteiger partial charge in [-0.15, -0.1) is 0 Å². The molecule has 106 valence electrons. The summed E-state index contributed by atoms with van der Waals surface area (Å²) >= 11 is 0. The van der Waals surface area contributed by atoms with Gasteiger partial charge in [0, 0.05) is 6.04 Å². The molecule has 2 rings (SSSR count). The Morgan fingerprint density at radius 1 is 1.45 bits per heavy atom. The highest BCUT2D eigenvalue weighted by molar-refractivity contribution is 5.84. The summed E-state index contributed by atoms with van der Waals surface area (Å²) in [6.45, 7) is 1.70. The molecular weight excluding hydrogens is 257 g/mol. The van der Waals surface area contributed by atoms with Crippen molar-refractivity contribution in [2.75, 3.05) is 5.32 Å². The van der Waals surface area contributed by atoms with Gasteiger partial charge in [0.15, 0.2) is 0 Å². The van der Waals surface area contributed by atoms with Crippen LogP contribution in [0.5, 0.6) is 0 Å². The van der Waals surface area contributed by atoms with Crippen LogP contribution in [-0.4, -0.2) is 18.0 Å². The van der Waals surface area contributed by atoms with E-state index in [4.69, 9.17) is 5.26 Å². The van der Waals surface area contributed by atoms with Gasteiger partial charge in [0.05, 0.1) is 17.3 Å². The van der Waals surface area contributed by atoms with Crippen LogP contribution in [0.15, 0.2) is 18.2 Å². The second-order valence-corrected chi connectivity index (χ2v) is 5.16. The van der Waals surface area contributed by atoms with Gasteiger partial charge in [-0.25, -0.2) is 4.39 Å². The van der Waals surface area contributed by atoms with E-state index in [1.807, 2.05) is 6.07 Å².